The second-order valence-electron chi connectivity index (χ2n) is 5.38. The van der Waals surface area contributed by atoms with Gasteiger partial charge in [0.15, 0.2) is 0 Å². The summed E-state index contributed by atoms with van der Waals surface area (Å²) in [4.78, 5) is 11.1. The van der Waals surface area contributed by atoms with Crippen LogP contribution in [-0.4, -0.2) is 17.7 Å². The smallest absolute Gasteiger partial charge is 0.309 e. The van der Waals surface area contributed by atoms with Gasteiger partial charge in [0.05, 0.1) is 10.4 Å². The van der Waals surface area contributed by atoms with Crippen molar-refractivity contribution in [1.82, 2.24) is 0 Å². The summed E-state index contributed by atoms with van der Waals surface area (Å²) >= 11 is 6.12. The van der Waals surface area contributed by atoms with E-state index >= 15 is 0 Å². The van der Waals surface area contributed by atoms with Gasteiger partial charge in [-0.3, -0.25) is 4.79 Å². The Morgan fingerprint density at radius 3 is 2.58 bits per heavy atom. The average Bonchev–Trinajstić information content (AvgIpc) is 2.26. The zero-order valence-electron chi connectivity index (χ0n) is 11.5. The second kappa shape index (κ2) is 6.11. The standard InChI is InChI=1S/C15H19ClO3/c1-10(2)9-19-13-6-5-11(7-12(13)16)8-15(3,4)14(17)18/h5-7H,1,8-9H2,2-4H3,(H,17,18). The summed E-state index contributed by atoms with van der Waals surface area (Å²) in [5.41, 5.74) is 0.968. The molecule has 1 N–H and O–H groups in total. The highest BCUT2D eigenvalue weighted by Gasteiger charge is 2.27. The van der Waals surface area contributed by atoms with Crippen LogP contribution in [0.25, 0.3) is 0 Å². The van der Waals surface area contributed by atoms with Crippen LogP contribution in [0.1, 0.15) is 26.3 Å². The van der Waals surface area contributed by atoms with E-state index in [1.165, 1.54) is 0 Å². The maximum Gasteiger partial charge on any atom is 0.309 e. The number of hydrogen-bond acceptors (Lipinski definition) is 2. The molecule has 4 heteroatoms. The maximum absolute atomic E-state index is 11.1. The number of benzene rings is 1. The second-order valence-corrected chi connectivity index (χ2v) is 5.78. The fourth-order valence-corrected chi connectivity index (χ4v) is 1.82. The summed E-state index contributed by atoms with van der Waals surface area (Å²) in [6.45, 7) is 9.42. The van der Waals surface area contributed by atoms with Gasteiger partial charge < -0.3 is 9.84 Å². The zero-order chi connectivity index (χ0) is 14.6. The number of carboxylic acid groups (broad SMARTS) is 1. The molecule has 0 amide bonds. The van der Waals surface area contributed by atoms with Crippen LogP contribution in [0.2, 0.25) is 5.02 Å². The summed E-state index contributed by atoms with van der Waals surface area (Å²) < 4.78 is 5.48. The van der Waals surface area contributed by atoms with Crippen molar-refractivity contribution in [3.63, 3.8) is 0 Å². The lowest BCUT2D eigenvalue weighted by molar-refractivity contribution is -0.146. The Hall–Kier alpha value is -1.48. The molecule has 1 aromatic carbocycles. The highest BCUT2D eigenvalue weighted by atomic mass is 35.5. The van der Waals surface area contributed by atoms with Crippen molar-refractivity contribution in [1.29, 1.82) is 0 Å². The lowest BCUT2D eigenvalue weighted by atomic mass is 9.86. The van der Waals surface area contributed by atoms with E-state index < -0.39 is 11.4 Å². The molecule has 3 nitrogen and oxygen atoms in total. The quantitative estimate of drug-likeness (QED) is 0.804. The van der Waals surface area contributed by atoms with Crippen molar-refractivity contribution in [3.8, 4) is 5.75 Å². The van der Waals surface area contributed by atoms with Crippen molar-refractivity contribution in [2.45, 2.75) is 27.2 Å². The number of carbonyl (C=O) groups is 1. The molecule has 104 valence electrons. The van der Waals surface area contributed by atoms with Gasteiger partial charge in [-0.05, 0) is 50.5 Å². The lowest BCUT2D eigenvalue weighted by Gasteiger charge is -2.19. The van der Waals surface area contributed by atoms with Crippen molar-refractivity contribution in [3.05, 3.63) is 40.9 Å². The third-order valence-electron chi connectivity index (χ3n) is 2.70. The van der Waals surface area contributed by atoms with E-state index in [0.29, 0.717) is 23.8 Å². The molecule has 0 unspecified atom stereocenters. The molecule has 1 rings (SSSR count). The molecule has 19 heavy (non-hydrogen) atoms. The minimum absolute atomic E-state index is 0.416. The summed E-state index contributed by atoms with van der Waals surface area (Å²) in [7, 11) is 0. The molecule has 1 aromatic rings. The van der Waals surface area contributed by atoms with Crippen LogP contribution in [0.4, 0.5) is 0 Å². The van der Waals surface area contributed by atoms with E-state index in [4.69, 9.17) is 21.4 Å². The van der Waals surface area contributed by atoms with Crippen LogP contribution in [0.5, 0.6) is 5.75 Å². The SMILES string of the molecule is C=C(C)COc1ccc(CC(C)(C)C(=O)O)cc1Cl. The van der Waals surface area contributed by atoms with Gasteiger partial charge in [0, 0.05) is 0 Å². The van der Waals surface area contributed by atoms with Gasteiger partial charge in [-0.15, -0.1) is 0 Å². The number of carboxylic acids is 1. The normalized spacial score (nSPS) is 11.2. The molecule has 0 aromatic heterocycles. The first kappa shape index (κ1) is 15.6. The van der Waals surface area contributed by atoms with Gasteiger partial charge >= 0.3 is 5.97 Å². The summed E-state index contributed by atoms with van der Waals surface area (Å²) in [6.07, 6.45) is 0.419. The van der Waals surface area contributed by atoms with E-state index in [1.54, 1.807) is 26.0 Å². The third kappa shape index (κ3) is 4.60. The van der Waals surface area contributed by atoms with Gasteiger partial charge in [-0.25, -0.2) is 0 Å². The molecule has 0 saturated carbocycles. The molecule has 0 fully saturated rings. The van der Waals surface area contributed by atoms with Crippen LogP contribution < -0.4 is 4.74 Å². The Morgan fingerprint density at radius 1 is 1.47 bits per heavy atom. The van der Waals surface area contributed by atoms with E-state index in [1.807, 2.05) is 13.0 Å². The monoisotopic (exact) mass is 282 g/mol. The first-order chi connectivity index (χ1) is 8.72. The highest BCUT2D eigenvalue weighted by Crippen LogP contribution is 2.29. The molecule has 0 aliphatic rings. The molecule has 0 spiro atoms. The van der Waals surface area contributed by atoms with Gasteiger partial charge in [0.2, 0.25) is 0 Å². The van der Waals surface area contributed by atoms with Crippen LogP contribution in [0, 0.1) is 5.41 Å². The van der Waals surface area contributed by atoms with Crippen molar-refractivity contribution in [2.75, 3.05) is 6.61 Å². The van der Waals surface area contributed by atoms with Gasteiger partial charge in [-0.2, -0.15) is 0 Å². The molecule has 0 atom stereocenters. The largest absolute Gasteiger partial charge is 0.488 e. The number of halogens is 1. The molecule has 0 bridgehead atoms. The Balaban J connectivity index is 2.82. The first-order valence-electron chi connectivity index (χ1n) is 6.01. The van der Waals surface area contributed by atoms with Gasteiger partial charge in [0.25, 0.3) is 0 Å². The van der Waals surface area contributed by atoms with Crippen molar-refractivity contribution < 1.29 is 14.6 Å². The summed E-state index contributed by atoms with van der Waals surface area (Å²) in [5, 5.41) is 9.59. The average molecular weight is 283 g/mol. The Morgan fingerprint density at radius 2 is 2.11 bits per heavy atom. The third-order valence-corrected chi connectivity index (χ3v) is 2.99. The molecule has 0 aliphatic heterocycles. The fourth-order valence-electron chi connectivity index (χ4n) is 1.56. The molecule has 0 aliphatic carbocycles. The minimum atomic E-state index is -0.828. The zero-order valence-corrected chi connectivity index (χ0v) is 12.3. The van der Waals surface area contributed by atoms with Crippen LogP contribution in [0.3, 0.4) is 0 Å². The topological polar surface area (TPSA) is 46.5 Å². The fraction of sp³-hybridized carbons (Fsp3) is 0.400. The highest BCUT2D eigenvalue weighted by molar-refractivity contribution is 6.32. The molecule has 0 radical (unpaired) electrons. The maximum atomic E-state index is 11.1. The summed E-state index contributed by atoms with van der Waals surface area (Å²) in [5.74, 6) is -0.243. The van der Waals surface area contributed by atoms with E-state index in [0.717, 1.165) is 11.1 Å². The van der Waals surface area contributed by atoms with Crippen LogP contribution in [0.15, 0.2) is 30.4 Å². The van der Waals surface area contributed by atoms with Gasteiger partial charge in [0.1, 0.15) is 12.4 Å². The van der Waals surface area contributed by atoms with Crippen molar-refractivity contribution >= 4 is 17.6 Å². The molecular weight excluding hydrogens is 264 g/mol. The van der Waals surface area contributed by atoms with Crippen LogP contribution >= 0.6 is 11.6 Å². The molecule has 0 saturated heterocycles. The first-order valence-corrected chi connectivity index (χ1v) is 6.39. The van der Waals surface area contributed by atoms with Gasteiger partial charge in [-0.1, -0.05) is 24.2 Å². The number of hydrogen-bond donors (Lipinski definition) is 1. The molecular formula is C15H19ClO3. The predicted molar refractivity (Wildman–Crippen MR) is 76.9 cm³/mol. The number of ether oxygens (including phenoxy) is 1. The predicted octanol–water partition coefficient (Wildman–Crippen LogP) is 3.95. The van der Waals surface area contributed by atoms with E-state index in [9.17, 15) is 4.79 Å². The number of rotatable bonds is 6. The van der Waals surface area contributed by atoms with Crippen LogP contribution in [-0.2, 0) is 11.2 Å². The Kier molecular flexibility index (Phi) is 5.01. The number of aliphatic carboxylic acids is 1. The van der Waals surface area contributed by atoms with Crippen molar-refractivity contribution in [2.24, 2.45) is 5.41 Å². The Labute approximate surface area is 118 Å². The summed E-state index contributed by atoms with van der Waals surface area (Å²) in [6, 6.07) is 5.35. The molecule has 0 heterocycles. The minimum Gasteiger partial charge on any atom is -0.488 e. The Bertz CT molecular complexity index is 492. The lowest BCUT2D eigenvalue weighted by Crippen LogP contribution is -2.26. The van der Waals surface area contributed by atoms with E-state index in [-0.39, 0.29) is 0 Å². The van der Waals surface area contributed by atoms with E-state index in [2.05, 4.69) is 6.58 Å².